The maximum atomic E-state index is 11.9. The van der Waals surface area contributed by atoms with Crippen LogP contribution in [-0.2, 0) is 11.2 Å². The number of aryl methyl sites for hydroxylation is 1. The van der Waals surface area contributed by atoms with Gasteiger partial charge in [-0.25, -0.2) is 9.78 Å². The van der Waals surface area contributed by atoms with Crippen LogP contribution in [0, 0.1) is 5.92 Å². The molecular weight excluding hydrogens is 254 g/mol. The van der Waals surface area contributed by atoms with Gasteiger partial charge in [-0.05, 0) is 25.7 Å². The summed E-state index contributed by atoms with van der Waals surface area (Å²) in [6, 6.07) is 0.356. The number of carbonyl (C=O) groups excluding carboxylic acids is 1. The smallest absolute Gasteiger partial charge is 0.360 e. The van der Waals surface area contributed by atoms with Gasteiger partial charge in [0.05, 0.1) is 6.61 Å². The molecule has 1 fully saturated rings. The van der Waals surface area contributed by atoms with Crippen LogP contribution in [0.5, 0.6) is 0 Å². The number of esters is 1. The van der Waals surface area contributed by atoms with Crippen molar-refractivity contribution in [3.05, 3.63) is 11.5 Å². The standard InChI is InChI=1S/C15H25N3O2/c1-4-12-17-13(15(19)20-5-2)14(16)18(12)11-9-7-6-8-10(11)3/h10-11H,4-9,16H2,1-3H3. The number of nitrogens with two attached hydrogens (primary N) is 1. The molecule has 0 saturated heterocycles. The van der Waals surface area contributed by atoms with E-state index in [0.29, 0.717) is 24.4 Å². The molecule has 1 heterocycles. The van der Waals surface area contributed by atoms with Gasteiger partial charge in [0.15, 0.2) is 5.69 Å². The molecule has 1 aromatic rings. The number of nitrogens with zero attached hydrogens (tertiary/aromatic N) is 2. The molecule has 2 unspecified atom stereocenters. The topological polar surface area (TPSA) is 70.1 Å². The Morgan fingerprint density at radius 3 is 2.70 bits per heavy atom. The van der Waals surface area contributed by atoms with Crippen LogP contribution in [-0.4, -0.2) is 22.1 Å². The second-order valence-electron chi connectivity index (χ2n) is 5.53. The van der Waals surface area contributed by atoms with E-state index in [2.05, 4.69) is 16.5 Å². The molecule has 0 amide bonds. The highest BCUT2D eigenvalue weighted by Gasteiger charge is 2.29. The molecule has 5 heteroatoms. The monoisotopic (exact) mass is 279 g/mol. The zero-order chi connectivity index (χ0) is 14.7. The van der Waals surface area contributed by atoms with Crippen LogP contribution in [0.4, 0.5) is 5.82 Å². The maximum absolute atomic E-state index is 11.9. The second-order valence-corrected chi connectivity index (χ2v) is 5.53. The van der Waals surface area contributed by atoms with E-state index in [1.807, 2.05) is 6.92 Å². The molecule has 112 valence electrons. The normalized spacial score (nSPS) is 22.8. The number of nitrogen functional groups attached to an aromatic ring is 1. The summed E-state index contributed by atoms with van der Waals surface area (Å²) in [4.78, 5) is 16.4. The van der Waals surface area contributed by atoms with Crippen LogP contribution in [0.1, 0.15) is 68.8 Å². The van der Waals surface area contributed by atoms with Crippen LogP contribution in [0.15, 0.2) is 0 Å². The molecule has 5 nitrogen and oxygen atoms in total. The molecule has 1 aliphatic rings. The van der Waals surface area contributed by atoms with E-state index in [4.69, 9.17) is 10.5 Å². The molecule has 1 aliphatic carbocycles. The van der Waals surface area contributed by atoms with E-state index in [1.54, 1.807) is 6.92 Å². The molecule has 0 aliphatic heterocycles. The average molecular weight is 279 g/mol. The zero-order valence-corrected chi connectivity index (χ0v) is 12.7. The lowest BCUT2D eigenvalue weighted by atomic mass is 9.85. The third kappa shape index (κ3) is 2.67. The number of imidazole rings is 1. The fourth-order valence-corrected chi connectivity index (χ4v) is 3.14. The highest BCUT2D eigenvalue weighted by atomic mass is 16.5. The molecule has 0 spiro atoms. The Hall–Kier alpha value is -1.52. The number of carbonyl (C=O) groups is 1. The summed E-state index contributed by atoms with van der Waals surface area (Å²) in [7, 11) is 0. The van der Waals surface area contributed by atoms with E-state index >= 15 is 0 Å². The van der Waals surface area contributed by atoms with Gasteiger partial charge in [-0.15, -0.1) is 0 Å². The summed E-state index contributed by atoms with van der Waals surface area (Å²) in [5.74, 6) is 1.52. The van der Waals surface area contributed by atoms with E-state index in [9.17, 15) is 4.79 Å². The van der Waals surface area contributed by atoms with Crippen LogP contribution < -0.4 is 5.73 Å². The minimum Gasteiger partial charge on any atom is -0.461 e. The van der Waals surface area contributed by atoms with Gasteiger partial charge < -0.3 is 15.0 Å². The number of hydrogen-bond acceptors (Lipinski definition) is 4. The minimum absolute atomic E-state index is 0.279. The Morgan fingerprint density at radius 2 is 2.10 bits per heavy atom. The predicted molar refractivity (Wildman–Crippen MR) is 78.6 cm³/mol. The quantitative estimate of drug-likeness (QED) is 0.860. The average Bonchev–Trinajstić information content (AvgIpc) is 2.77. The molecule has 0 radical (unpaired) electrons. The van der Waals surface area contributed by atoms with Crippen molar-refractivity contribution < 1.29 is 9.53 Å². The van der Waals surface area contributed by atoms with E-state index in [-0.39, 0.29) is 5.69 Å². The Balaban J connectivity index is 2.38. The Bertz CT molecular complexity index is 482. The molecule has 2 rings (SSSR count). The summed E-state index contributed by atoms with van der Waals surface area (Å²) < 4.78 is 7.12. The van der Waals surface area contributed by atoms with Gasteiger partial charge in [0, 0.05) is 12.5 Å². The lowest BCUT2D eigenvalue weighted by Gasteiger charge is -2.31. The summed E-state index contributed by atoms with van der Waals surface area (Å²) in [6.07, 6.45) is 5.58. The maximum Gasteiger partial charge on any atom is 0.360 e. The highest BCUT2D eigenvalue weighted by Crippen LogP contribution is 2.37. The van der Waals surface area contributed by atoms with Crippen LogP contribution in [0.2, 0.25) is 0 Å². The first-order chi connectivity index (χ1) is 9.60. The van der Waals surface area contributed by atoms with Crippen molar-refractivity contribution in [3.63, 3.8) is 0 Å². The largest absolute Gasteiger partial charge is 0.461 e. The van der Waals surface area contributed by atoms with Crippen LogP contribution >= 0.6 is 0 Å². The van der Waals surface area contributed by atoms with E-state index < -0.39 is 5.97 Å². The fraction of sp³-hybridized carbons (Fsp3) is 0.733. The zero-order valence-electron chi connectivity index (χ0n) is 12.7. The molecule has 1 aromatic heterocycles. The Labute approximate surface area is 120 Å². The molecule has 2 atom stereocenters. The SMILES string of the molecule is CCOC(=O)c1nc(CC)n(C2CCCCC2C)c1N. The van der Waals surface area contributed by atoms with Crippen LogP contribution in [0.3, 0.4) is 0 Å². The molecule has 0 aromatic carbocycles. The van der Waals surface area contributed by atoms with Crippen molar-refractivity contribution in [2.45, 2.75) is 58.9 Å². The third-order valence-electron chi connectivity index (χ3n) is 4.20. The lowest BCUT2D eigenvalue weighted by Crippen LogP contribution is -2.24. The van der Waals surface area contributed by atoms with E-state index in [0.717, 1.165) is 18.7 Å². The van der Waals surface area contributed by atoms with Crippen molar-refractivity contribution in [3.8, 4) is 0 Å². The van der Waals surface area contributed by atoms with Gasteiger partial charge >= 0.3 is 5.97 Å². The summed E-state index contributed by atoms with van der Waals surface area (Å²) in [5, 5.41) is 0. The number of ether oxygens (including phenoxy) is 1. The van der Waals surface area contributed by atoms with Gasteiger partial charge in [-0.1, -0.05) is 26.7 Å². The third-order valence-corrected chi connectivity index (χ3v) is 4.20. The Kier molecular flexibility index (Phi) is 4.68. The van der Waals surface area contributed by atoms with Crippen molar-refractivity contribution in [1.29, 1.82) is 0 Å². The number of hydrogen-bond donors (Lipinski definition) is 1. The molecule has 1 saturated carbocycles. The van der Waals surface area contributed by atoms with Crippen LogP contribution in [0.25, 0.3) is 0 Å². The first kappa shape index (κ1) is 14.9. The fourth-order valence-electron chi connectivity index (χ4n) is 3.14. The van der Waals surface area contributed by atoms with Gasteiger partial charge in [0.1, 0.15) is 11.6 Å². The molecule has 2 N–H and O–H groups in total. The van der Waals surface area contributed by atoms with Crippen molar-refractivity contribution in [2.75, 3.05) is 12.3 Å². The predicted octanol–water partition coefficient (Wildman–Crippen LogP) is 2.96. The molecule has 0 bridgehead atoms. The van der Waals surface area contributed by atoms with E-state index in [1.165, 1.54) is 19.3 Å². The van der Waals surface area contributed by atoms with Gasteiger partial charge in [0.25, 0.3) is 0 Å². The Morgan fingerprint density at radius 1 is 1.40 bits per heavy atom. The first-order valence-electron chi connectivity index (χ1n) is 7.63. The summed E-state index contributed by atoms with van der Waals surface area (Å²) >= 11 is 0. The second kappa shape index (κ2) is 6.29. The summed E-state index contributed by atoms with van der Waals surface area (Å²) in [5.41, 5.74) is 6.48. The first-order valence-corrected chi connectivity index (χ1v) is 7.63. The van der Waals surface area contributed by atoms with Gasteiger partial charge in [0.2, 0.25) is 0 Å². The molecular formula is C15H25N3O2. The lowest BCUT2D eigenvalue weighted by molar-refractivity contribution is 0.0521. The summed E-state index contributed by atoms with van der Waals surface area (Å²) in [6.45, 7) is 6.43. The van der Waals surface area contributed by atoms with Crippen molar-refractivity contribution >= 4 is 11.8 Å². The van der Waals surface area contributed by atoms with Gasteiger partial charge in [-0.3, -0.25) is 0 Å². The van der Waals surface area contributed by atoms with Crippen molar-refractivity contribution in [2.24, 2.45) is 5.92 Å². The molecule has 20 heavy (non-hydrogen) atoms. The van der Waals surface area contributed by atoms with Crippen molar-refractivity contribution in [1.82, 2.24) is 9.55 Å². The minimum atomic E-state index is -0.415. The number of anilines is 1. The van der Waals surface area contributed by atoms with Gasteiger partial charge in [-0.2, -0.15) is 0 Å². The number of aromatic nitrogens is 2. The highest BCUT2D eigenvalue weighted by molar-refractivity contribution is 5.92. The number of rotatable bonds is 4.